The maximum atomic E-state index is 13.6. The van der Waals surface area contributed by atoms with E-state index in [1.807, 2.05) is 19.2 Å². The summed E-state index contributed by atoms with van der Waals surface area (Å²) < 4.78 is 15.4. The minimum absolute atomic E-state index is 0.135. The summed E-state index contributed by atoms with van der Waals surface area (Å²) in [6, 6.07) is 12.8. The molecule has 3 aromatic rings. The van der Waals surface area contributed by atoms with E-state index in [1.165, 1.54) is 12.1 Å². The molecule has 1 heterocycles. The number of halogens is 2. The maximum absolute atomic E-state index is 13.6. The minimum Gasteiger partial charge on any atom is -0.342 e. The van der Waals surface area contributed by atoms with E-state index in [0.29, 0.717) is 16.4 Å². The molecule has 0 aliphatic rings. The van der Waals surface area contributed by atoms with Crippen LogP contribution in [0.1, 0.15) is 23.0 Å². The van der Waals surface area contributed by atoms with Crippen molar-refractivity contribution in [2.45, 2.75) is 12.5 Å². The molecule has 1 amide bonds. The molecular formula is C19H17ClFN3O. The number of imidazole rings is 1. The fourth-order valence-electron chi connectivity index (χ4n) is 2.67. The predicted octanol–water partition coefficient (Wildman–Crippen LogP) is 3.66. The Balaban J connectivity index is 1.87. The molecule has 0 fully saturated rings. The lowest BCUT2D eigenvalue weighted by Crippen LogP contribution is -2.32. The first-order valence-electron chi connectivity index (χ1n) is 7.80. The average molecular weight is 358 g/mol. The van der Waals surface area contributed by atoms with Crippen LogP contribution in [0.15, 0.2) is 60.9 Å². The van der Waals surface area contributed by atoms with Gasteiger partial charge in [0.2, 0.25) is 5.91 Å². The molecule has 6 heteroatoms. The van der Waals surface area contributed by atoms with Crippen molar-refractivity contribution >= 4 is 17.5 Å². The SMILES string of the molecule is Cn1ccnc1[C@@H](NC(=O)Cc1ccccc1Cl)c1cccc(F)c1. The first-order valence-corrected chi connectivity index (χ1v) is 8.18. The van der Waals surface area contributed by atoms with Crippen molar-refractivity contribution in [3.8, 4) is 0 Å². The second-order valence-electron chi connectivity index (χ2n) is 5.72. The van der Waals surface area contributed by atoms with Gasteiger partial charge in [0, 0.05) is 24.5 Å². The van der Waals surface area contributed by atoms with Gasteiger partial charge in [-0.15, -0.1) is 0 Å². The van der Waals surface area contributed by atoms with Gasteiger partial charge in [0.25, 0.3) is 0 Å². The summed E-state index contributed by atoms with van der Waals surface area (Å²) >= 11 is 6.12. The maximum Gasteiger partial charge on any atom is 0.225 e. The van der Waals surface area contributed by atoms with Crippen molar-refractivity contribution < 1.29 is 9.18 Å². The zero-order valence-corrected chi connectivity index (χ0v) is 14.4. The number of amides is 1. The number of aryl methyl sites for hydroxylation is 1. The van der Waals surface area contributed by atoms with E-state index in [0.717, 1.165) is 5.56 Å². The van der Waals surface area contributed by atoms with Crippen LogP contribution in [0.4, 0.5) is 4.39 Å². The summed E-state index contributed by atoms with van der Waals surface area (Å²) in [6.45, 7) is 0. The lowest BCUT2D eigenvalue weighted by Gasteiger charge is -2.19. The van der Waals surface area contributed by atoms with E-state index in [9.17, 15) is 9.18 Å². The van der Waals surface area contributed by atoms with Crippen molar-refractivity contribution in [1.82, 2.24) is 14.9 Å². The van der Waals surface area contributed by atoms with Crippen LogP contribution in [0.3, 0.4) is 0 Å². The van der Waals surface area contributed by atoms with Gasteiger partial charge < -0.3 is 9.88 Å². The minimum atomic E-state index is -0.550. The number of carbonyl (C=O) groups excluding carboxylic acids is 1. The summed E-state index contributed by atoms with van der Waals surface area (Å²) in [4.78, 5) is 16.8. The molecule has 1 N–H and O–H groups in total. The van der Waals surface area contributed by atoms with Gasteiger partial charge in [0.1, 0.15) is 17.7 Å². The summed E-state index contributed by atoms with van der Waals surface area (Å²) in [6.07, 6.45) is 3.56. The molecule has 1 aromatic heterocycles. The van der Waals surface area contributed by atoms with Crippen LogP contribution in [0.25, 0.3) is 0 Å². The zero-order valence-electron chi connectivity index (χ0n) is 13.6. The van der Waals surface area contributed by atoms with Gasteiger partial charge in [0.15, 0.2) is 0 Å². The molecule has 0 radical (unpaired) electrons. The first kappa shape index (κ1) is 17.2. The van der Waals surface area contributed by atoms with Crippen molar-refractivity contribution in [2.24, 2.45) is 7.05 Å². The third-order valence-corrected chi connectivity index (χ3v) is 4.28. The largest absolute Gasteiger partial charge is 0.342 e. The molecule has 25 heavy (non-hydrogen) atoms. The van der Waals surface area contributed by atoms with Crippen LogP contribution in [0.2, 0.25) is 5.02 Å². The highest BCUT2D eigenvalue weighted by molar-refractivity contribution is 6.31. The Kier molecular flexibility index (Phi) is 5.14. The molecule has 3 rings (SSSR count). The Labute approximate surface area is 150 Å². The summed E-state index contributed by atoms with van der Waals surface area (Å²) in [5.41, 5.74) is 1.36. The lowest BCUT2D eigenvalue weighted by atomic mass is 10.0. The highest BCUT2D eigenvalue weighted by atomic mass is 35.5. The van der Waals surface area contributed by atoms with Crippen molar-refractivity contribution in [2.75, 3.05) is 0 Å². The van der Waals surface area contributed by atoms with E-state index in [1.54, 1.807) is 41.2 Å². The Hall–Kier alpha value is -2.66. The molecule has 0 saturated heterocycles. The second-order valence-corrected chi connectivity index (χ2v) is 6.13. The number of hydrogen-bond donors (Lipinski definition) is 1. The number of aromatic nitrogens is 2. The van der Waals surface area contributed by atoms with Crippen molar-refractivity contribution in [3.05, 3.63) is 88.7 Å². The zero-order chi connectivity index (χ0) is 17.8. The average Bonchev–Trinajstić information content (AvgIpc) is 3.00. The monoisotopic (exact) mass is 357 g/mol. The Morgan fingerprint density at radius 3 is 2.76 bits per heavy atom. The van der Waals surface area contributed by atoms with Gasteiger partial charge in [-0.05, 0) is 29.3 Å². The van der Waals surface area contributed by atoms with Crippen molar-refractivity contribution in [3.63, 3.8) is 0 Å². The van der Waals surface area contributed by atoms with E-state index >= 15 is 0 Å². The van der Waals surface area contributed by atoms with Crippen LogP contribution in [-0.4, -0.2) is 15.5 Å². The quantitative estimate of drug-likeness (QED) is 0.757. The molecule has 0 aliphatic heterocycles. The van der Waals surface area contributed by atoms with Gasteiger partial charge in [-0.25, -0.2) is 9.37 Å². The normalized spacial score (nSPS) is 12.0. The number of nitrogens with one attached hydrogen (secondary N) is 1. The number of nitrogens with zero attached hydrogens (tertiary/aromatic N) is 2. The van der Waals surface area contributed by atoms with Gasteiger partial charge in [-0.3, -0.25) is 4.79 Å². The van der Waals surface area contributed by atoms with Crippen LogP contribution in [0.5, 0.6) is 0 Å². The summed E-state index contributed by atoms with van der Waals surface area (Å²) in [5, 5.41) is 3.47. The molecule has 1 atom stereocenters. The van der Waals surface area contributed by atoms with Crippen LogP contribution in [0, 0.1) is 5.82 Å². The van der Waals surface area contributed by atoms with E-state index in [2.05, 4.69) is 10.3 Å². The second kappa shape index (κ2) is 7.49. The molecule has 0 unspecified atom stereocenters. The third-order valence-electron chi connectivity index (χ3n) is 3.91. The fourth-order valence-corrected chi connectivity index (χ4v) is 2.87. The molecule has 0 aliphatic carbocycles. The molecule has 0 bridgehead atoms. The van der Waals surface area contributed by atoms with Crippen LogP contribution in [-0.2, 0) is 18.3 Å². The van der Waals surface area contributed by atoms with Crippen molar-refractivity contribution in [1.29, 1.82) is 0 Å². The molecule has 2 aromatic carbocycles. The summed E-state index contributed by atoms with van der Waals surface area (Å²) in [7, 11) is 1.83. The van der Waals surface area contributed by atoms with Gasteiger partial charge in [-0.2, -0.15) is 0 Å². The molecule has 0 spiro atoms. The van der Waals surface area contributed by atoms with Gasteiger partial charge in [0.05, 0.1) is 6.42 Å². The number of carbonyl (C=O) groups is 1. The Bertz CT molecular complexity index is 894. The highest BCUT2D eigenvalue weighted by Gasteiger charge is 2.21. The Morgan fingerprint density at radius 2 is 2.08 bits per heavy atom. The molecule has 128 valence electrons. The fraction of sp³-hybridized carbons (Fsp3) is 0.158. The first-order chi connectivity index (χ1) is 12.0. The predicted molar refractivity (Wildman–Crippen MR) is 94.7 cm³/mol. The van der Waals surface area contributed by atoms with Gasteiger partial charge in [-0.1, -0.05) is 41.9 Å². The summed E-state index contributed by atoms with van der Waals surface area (Å²) in [5.74, 6) is 0.0422. The smallest absolute Gasteiger partial charge is 0.225 e. The molecule has 0 saturated carbocycles. The lowest BCUT2D eigenvalue weighted by molar-refractivity contribution is -0.121. The topological polar surface area (TPSA) is 46.9 Å². The highest BCUT2D eigenvalue weighted by Crippen LogP contribution is 2.22. The molecule has 4 nitrogen and oxygen atoms in total. The van der Waals surface area contributed by atoms with Gasteiger partial charge >= 0.3 is 0 Å². The van der Waals surface area contributed by atoms with Crippen LogP contribution >= 0.6 is 11.6 Å². The van der Waals surface area contributed by atoms with E-state index < -0.39 is 6.04 Å². The van der Waals surface area contributed by atoms with Crippen LogP contribution < -0.4 is 5.32 Å². The van der Waals surface area contributed by atoms with E-state index in [4.69, 9.17) is 11.6 Å². The number of benzene rings is 2. The van der Waals surface area contributed by atoms with E-state index in [-0.39, 0.29) is 18.1 Å². The standard InChI is InChI=1S/C19H17ClFN3O/c1-24-10-9-22-19(24)18(14-6-4-7-15(21)11-14)23-17(25)12-13-5-2-3-8-16(13)20/h2-11,18H,12H2,1H3,(H,23,25)/t18-/m0/s1. The Morgan fingerprint density at radius 1 is 1.28 bits per heavy atom. The third kappa shape index (κ3) is 4.06. The number of rotatable bonds is 5. The number of hydrogen-bond acceptors (Lipinski definition) is 2. The molecular weight excluding hydrogens is 341 g/mol.